The molecule has 3 nitrogen and oxygen atoms in total. The minimum atomic E-state index is -0.658. The van der Waals surface area contributed by atoms with E-state index in [0.717, 1.165) is 16.6 Å². The fourth-order valence-corrected chi connectivity index (χ4v) is 2.85. The highest BCUT2D eigenvalue weighted by molar-refractivity contribution is 7.17. The van der Waals surface area contributed by atoms with Gasteiger partial charge in [-0.2, -0.15) is 0 Å². The average Bonchev–Trinajstić information content (AvgIpc) is 2.95. The minimum absolute atomic E-state index is 0.203. The molecule has 0 spiro atoms. The molecule has 0 saturated heterocycles. The van der Waals surface area contributed by atoms with Crippen molar-refractivity contribution < 1.29 is 4.79 Å². The number of rotatable bonds is 3. The van der Waals surface area contributed by atoms with Crippen molar-refractivity contribution >= 4 is 33.0 Å². The topological polar surface area (TPSA) is 55.1 Å². The first-order valence-electron chi connectivity index (χ1n) is 6.33. The molecule has 0 radical (unpaired) electrons. The first-order chi connectivity index (χ1) is 9.74. The van der Waals surface area contributed by atoms with Gasteiger partial charge in [0.25, 0.3) is 0 Å². The van der Waals surface area contributed by atoms with Crippen molar-refractivity contribution in [2.45, 2.75) is 6.04 Å². The number of carbonyl (C=O) groups is 1. The van der Waals surface area contributed by atoms with Gasteiger partial charge >= 0.3 is 0 Å². The van der Waals surface area contributed by atoms with Crippen LogP contribution in [0.25, 0.3) is 10.1 Å². The number of carbonyl (C=O) groups excluding carboxylic acids is 1. The van der Waals surface area contributed by atoms with Gasteiger partial charge in [0, 0.05) is 10.4 Å². The normalized spacial score (nSPS) is 12.2. The summed E-state index contributed by atoms with van der Waals surface area (Å²) in [6.45, 7) is 0. The highest BCUT2D eigenvalue weighted by atomic mass is 32.1. The van der Waals surface area contributed by atoms with Crippen LogP contribution in [-0.2, 0) is 4.79 Å². The molecule has 3 N–H and O–H groups in total. The molecule has 0 fully saturated rings. The molecule has 0 aliphatic rings. The van der Waals surface area contributed by atoms with Crippen LogP contribution in [-0.4, -0.2) is 5.91 Å². The zero-order chi connectivity index (χ0) is 13.9. The van der Waals surface area contributed by atoms with Gasteiger partial charge in [0.15, 0.2) is 0 Å². The van der Waals surface area contributed by atoms with Crippen molar-refractivity contribution in [1.29, 1.82) is 0 Å². The second-order valence-electron chi connectivity index (χ2n) is 4.55. The fourth-order valence-electron chi connectivity index (χ4n) is 2.08. The molecule has 1 amide bonds. The molecular weight excluding hydrogens is 268 g/mol. The van der Waals surface area contributed by atoms with Crippen LogP contribution >= 0.6 is 11.3 Å². The molecule has 1 heterocycles. The van der Waals surface area contributed by atoms with E-state index in [1.165, 1.54) is 4.70 Å². The zero-order valence-electron chi connectivity index (χ0n) is 10.7. The lowest BCUT2D eigenvalue weighted by atomic mass is 10.1. The molecule has 4 heteroatoms. The van der Waals surface area contributed by atoms with Gasteiger partial charge in [0.1, 0.15) is 6.04 Å². The summed E-state index contributed by atoms with van der Waals surface area (Å²) >= 11 is 1.68. The number of hydrogen-bond donors (Lipinski definition) is 2. The summed E-state index contributed by atoms with van der Waals surface area (Å²) in [7, 11) is 0. The van der Waals surface area contributed by atoms with Crippen LogP contribution in [0.5, 0.6) is 0 Å². The maximum absolute atomic E-state index is 12.2. The summed E-state index contributed by atoms with van der Waals surface area (Å²) in [5.41, 5.74) is 7.55. The predicted molar refractivity (Wildman–Crippen MR) is 83.8 cm³/mol. The first-order valence-corrected chi connectivity index (χ1v) is 7.21. The molecule has 3 aromatic rings. The van der Waals surface area contributed by atoms with E-state index >= 15 is 0 Å². The van der Waals surface area contributed by atoms with Crippen LogP contribution < -0.4 is 11.1 Å². The lowest BCUT2D eigenvalue weighted by Gasteiger charge is -2.12. The Morgan fingerprint density at radius 2 is 1.90 bits per heavy atom. The molecule has 100 valence electrons. The highest BCUT2D eigenvalue weighted by Crippen LogP contribution is 2.24. The van der Waals surface area contributed by atoms with Gasteiger partial charge in [0.2, 0.25) is 5.91 Å². The number of amides is 1. The standard InChI is InChI=1S/C16H14N2OS/c17-15(11-4-2-1-3-5-11)16(19)18-13-6-7-14-12(10-13)8-9-20-14/h1-10,15H,17H2,(H,18,19)/t15-/m0/s1. The van der Waals surface area contributed by atoms with Crippen LogP contribution in [0.1, 0.15) is 11.6 Å². The van der Waals surface area contributed by atoms with E-state index in [4.69, 9.17) is 5.73 Å². The molecule has 0 saturated carbocycles. The van der Waals surface area contributed by atoms with Crippen molar-refractivity contribution in [2.75, 3.05) is 5.32 Å². The largest absolute Gasteiger partial charge is 0.324 e. The smallest absolute Gasteiger partial charge is 0.245 e. The highest BCUT2D eigenvalue weighted by Gasteiger charge is 2.15. The van der Waals surface area contributed by atoms with Gasteiger partial charge in [-0.3, -0.25) is 4.79 Å². The Labute approximate surface area is 121 Å². The Kier molecular flexibility index (Phi) is 3.50. The third kappa shape index (κ3) is 2.57. The number of anilines is 1. The summed E-state index contributed by atoms with van der Waals surface area (Å²) in [5, 5.41) is 6.02. The molecule has 0 unspecified atom stereocenters. The molecule has 0 bridgehead atoms. The van der Waals surface area contributed by atoms with Crippen LogP contribution in [0.4, 0.5) is 5.69 Å². The second kappa shape index (κ2) is 5.45. The maximum atomic E-state index is 12.2. The molecule has 1 atom stereocenters. The third-order valence-corrected chi connectivity index (χ3v) is 4.06. The first kappa shape index (κ1) is 12.8. The van der Waals surface area contributed by atoms with Crippen molar-refractivity contribution in [2.24, 2.45) is 5.73 Å². The average molecular weight is 282 g/mol. The second-order valence-corrected chi connectivity index (χ2v) is 5.50. The predicted octanol–water partition coefficient (Wildman–Crippen LogP) is 3.54. The SMILES string of the molecule is N[C@H](C(=O)Nc1ccc2sccc2c1)c1ccccc1. The van der Waals surface area contributed by atoms with Crippen LogP contribution in [0, 0.1) is 0 Å². The maximum Gasteiger partial charge on any atom is 0.245 e. The van der Waals surface area contributed by atoms with Gasteiger partial charge in [-0.25, -0.2) is 0 Å². The van der Waals surface area contributed by atoms with E-state index in [9.17, 15) is 4.79 Å². The van der Waals surface area contributed by atoms with Crippen molar-refractivity contribution in [1.82, 2.24) is 0 Å². The molecule has 0 aliphatic heterocycles. The van der Waals surface area contributed by atoms with E-state index < -0.39 is 6.04 Å². The molecule has 20 heavy (non-hydrogen) atoms. The van der Waals surface area contributed by atoms with Gasteiger partial charge in [-0.15, -0.1) is 11.3 Å². The van der Waals surface area contributed by atoms with E-state index in [2.05, 4.69) is 5.32 Å². The monoisotopic (exact) mass is 282 g/mol. The van der Waals surface area contributed by atoms with E-state index in [-0.39, 0.29) is 5.91 Å². The number of nitrogens with one attached hydrogen (secondary N) is 1. The summed E-state index contributed by atoms with van der Waals surface area (Å²) in [5.74, 6) is -0.203. The van der Waals surface area contributed by atoms with Crippen LogP contribution in [0.2, 0.25) is 0 Å². The zero-order valence-corrected chi connectivity index (χ0v) is 11.6. The fraction of sp³-hybridized carbons (Fsp3) is 0.0625. The summed E-state index contributed by atoms with van der Waals surface area (Å²) in [6.07, 6.45) is 0. The quantitative estimate of drug-likeness (QED) is 0.772. The molecule has 2 aromatic carbocycles. The molecule has 0 aliphatic carbocycles. The number of fused-ring (bicyclic) bond motifs is 1. The lowest BCUT2D eigenvalue weighted by molar-refractivity contribution is -0.117. The Hall–Kier alpha value is -2.17. The van der Waals surface area contributed by atoms with Gasteiger partial charge in [0.05, 0.1) is 0 Å². The number of hydrogen-bond acceptors (Lipinski definition) is 3. The van der Waals surface area contributed by atoms with E-state index in [0.29, 0.717) is 0 Å². The van der Waals surface area contributed by atoms with Crippen LogP contribution in [0.3, 0.4) is 0 Å². The van der Waals surface area contributed by atoms with Gasteiger partial charge < -0.3 is 11.1 Å². The van der Waals surface area contributed by atoms with Crippen molar-refractivity contribution in [3.63, 3.8) is 0 Å². The Morgan fingerprint density at radius 3 is 2.70 bits per heavy atom. The van der Waals surface area contributed by atoms with E-state index in [1.54, 1.807) is 11.3 Å². The van der Waals surface area contributed by atoms with Crippen molar-refractivity contribution in [3.05, 3.63) is 65.5 Å². The van der Waals surface area contributed by atoms with Crippen LogP contribution in [0.15, 0.2) is 60.0 Å². The molecule has 1 aromatic heterocycles. The van der Waals surface area contributed by atoms with E-state index in [1.807, 2.05) is 60.0 Å². The molecular formula is C16H14N2OS. The number of nitrogens with two attached hydrogens (primary N) is 1. The lowest BCUT2D eigenvalue weighted by Crippen LogP contribution is -2.27. The van der Waals surface area contributed by atoms with Gasteiger partial charge in [-0.05, 0) is 40.6 Å². The van der Waals surface area contributed by atoms with Gasteiger partial charge in [-0.1, -0.05) is 30.3 Å². The third-order valence-electron chi connectivity index (χ3n) is 3.16. The van der Waals surface area contributed by atoms with Crippen molar-refractivity contribution in [3.8, 4) is 0 Å². The minimum Gasteiger partial charge on any atom is -0.324 e. The number of thiophene rings is 1. The summed E-state index contributed by atoms with van der Waals surface area (Å²) in [6, 6.07) is 16.6. The Balaban J connectivity index is 1.78. The molecule has 3 rings (SSSR count). The summed E-state index contributed by atoms with van der Waals surface area (Å²) < 4.78 is 1.20. The Morgan fingerprint density at radius 1 is 1.10 bits per heavy atom. The Bertz CT molecular complexity index is 736. The summed E-state index contributed by atoms with van der Waals surface area (Å²) in [4.78, 5) is 12.2. The number of benzene rings is 2.